The van der Waals surface area contributed by atoms with E-state index in [1.165, 1.54) is 16.4 Å². The summed E-state index contributed by atoms with van der Waals surface area (Å²) in [6.45, 7) is 0.428. The van der Waals surface area contributed by atoms with Gasteiger partial charge in [-0.05, 0) is 29.8 Å². The van der Waals surface area contributed by atoms with Gasteiger partial charge in [-0.15, -0.1) is 5.10 Å². The maximum Gasteiger partial charge on any atom is 0.296 e. The minimum absolute atomic E-state index is 0.0455. The first-order valence-corrected chi connectivity index (χ1v) is 6.91. The molecular formula is C16H14N4O3. The van der Waals surface area contributed by atoms with Crippen LogP contribution >= 0.6 is 0 Å². The van der Waals surface area contributed by atoms with E-state index in [9.17, 15) is 4.79 Å². The van der Waals surface area contributed by atoms with E-state index in [1.54, 1.807) is 0 Å². The van der Waals surface area contributed by atoms with E-state index < -0.39 is 5.91 Å². The summed E-state index contributed by atoms with van der Waals surface area (Å²) in [5.41, 5.74) is 2.51. The number of nitrogens with one attached hydrogen (secondary N) is 1. The third-order valence-electron chi connectivity index (χ3n) is 3.09. The highest BCUT2D eigenvalue weighted by atomic mass is 16.5. The highest BCUT2D eigenvalue weighted by molar-refractivity contribution is 5.90. The van der Waals surface area contributed by atoms with Gasteiger partial charge in [-0.2, -0.15) is 0 Å². The van der Waals surface area contributed by atoms with E-state index in [1.807, 2.05) is 54.6 Å². The summed E-state index contributed by atoms with van der Waals surface area (Å²) >= 11 is 0. The number of hydroxylamine groups is 1. The quantitative estimate of drug-likeness (QED) is 0.557. The van der Waals surface area contributed by atoms with Gasteiger partial charge in [0.25, 0.3) is 5.91 Å². The van der Waals surface area contributed by atoms with E-state index in [0.717, 1.165) is 11.3 Å². The normalized spacial score (nSPS) is 10.3. The topological polar surface area (TPSA) is 89.3 Å². The van der Waals surface area contributed by atoms with Gasteiger partial charge in [0.15, 0.2) is 5.69 Å². The molecule has 0 unspecified atom stereocenters. The van der Waals surface area contributed by atoms with Gasteiger partial charge in [-0.3, -0.25) is 10.0 Å². The van der Waals surface area contributed by atoms with Crippen molar-refractivity contribution in [1.82, 2.24) is 20.5 Å². The lowest BCUT2D eigenvalue weighted by molar-refractivity contribution is 0.0700. The molecule has 0 radical (unpaired) electrons. The molecule has 23 heavy (non-hydrogen) atoms. The molecule has 0 atom stereocenters. The Bertz CT molecular complexity index is 802. The summed E-state index contributed by atoms with van der Waals surface area (Å²) in [5, 5.41) is 16.1. The molecule has 3 aromatic rings. The van der Waals surface area contributed by atoms with Crippen LogP contribution in [0.3, 0.4) is 0 Å². The number of hydrogen-bond acceptors (Lipinski definition) is 5. The van der Waals surface area contributed by atoms with Crippen LogP contribution in [0.25, 0.3) is 0 Å². The van der Waals surface area contributed by atoms with Gasteiger partial charge in [0.1, 0.15) is 11.5 Å². The molecule has 7 heteroatoms. The van der Waals surface area contributed by atoms with Crippen LogP contribution in [0, 0.1) is 0 Å². The lowest BCUT2D eigenvalue weighted by atomic mass is 10.2. The number of hydrogen-bond donors (Lipinski definition) is 2. The number of nitrogens with zero attached hydrogens (tertiary/aromatic N) is 3. The molecule has 0 aliphatic rings. The van der Waals surface area contributed by atoms with Crippen LogP contribution in [-0.4, -0.2) is 26.1 Å². The summed E-state index contributed by atoms with van der Waals surface area (Å²) in [4.78, 5) is 11.2. The standard InChI is InChI=1S/C16H14N4O3/c21-16(18-22)15-11-20(19-17-15)10-12-5-4-8-14(9-12)23-13-6-2-1-3-7-13/h1-9,11,22H,10H2,(H,18,21). The second-order valence-electron chi connectivity index (χ2n) is 4.80. The Balaban J connectivity index is 1.72. The van der Waals surface area contributed by atoms with Crippen molar-refractivity contribution in [2.75, 3.05) is 0 Å². The monoisotopic (exact) mass is 310 g/mol. The van der Waals surface area contributed by atoms with Crippen molar-refractivity contribution in [1.29, 1.82) is 0 Å². The van der Waals surface area contributed by atoms with Crippen molar-refractivity contribution in [3.63, 3.8) is 0 Å². The minimum Gasteiger partial charge on any atom is -0.457 e. The van der Waals surface area contributed by atoms with Crippen molar-refractivity contribution < 1.29 is 14.7 Å². The zero-order chi connectivity index (χ0) is 16.1. The van der Waals surface area contributed by atoms with Gasteiger partial charge in [-0.25, -0.2) is 10.2 Å². The number of carbonyl (C=O) groups excluding carboxylic acids is 1. The number of carbonyl (C=O) groups is 1. The molecule has 3 rings (SSSR count). The van der Waals surface area contributed by atoms with Gasteiger partial charge in [0.05, 0.1) is 12.7 Å². The van der Waals surface area contributed by atoms with Crippen molar-refractivity contribution in [2.24, 2.45) is 0 Å². The van der Waals surface area contributed by atoms with Crippen molar-refractivity contribution in [3.05, 3.63) is 72.1 Å². The molecule has 116 valence electrons. The SMILES string of the molecule is O=C(NO)c1cn(Cc2cccc(Oc3ccccc3)c2)nn1. The van der Waals surface area contributed by atoms with Crippen LogP contribution in [0.5, 0.6) is 11.5 Å². The maximum atomic E-state index is 11.2. The molecule has 0 aliphatic heterocycles. The lowest BCUT2D eigenvalue weighted by Gasteiger charge is -2.07. The predicted molar refractivity (Wildman–Crippen MR) is 81.3 cm³/mol. The highest BCUT2D eigenvalue weighted by Gasteiger charge is 2.09. The molecule has 2 aromatic carbocycles. The van der Waals surface area contributed by atoms with Gasteiger partial charge < -0.3 is 4.74 Å². The van der Waals surface area contributed by atoms with E-state index in [0.29, 0.717) is 12.3 Å². The number of benzene rings is 2. The van der Waals surface area contributed by atoms with Crippen LogP contribution < -0.4 is 10.2 Å². The fourth-order valence-corrected chi connectivity index (χ4v) is 2.06. The van der Waals surface area contributed by atoms with Gasteiger partial charge >= 0.3 is 0 Å². The van der Waals surface area contributed by atoms with E-state index in [4.69, 9.17) is 9.94 Å². The molecule has 1 amide bonds. The van der Waals surface area contributed by atoms with E-state index in [2.05, 4.69) is 10.3 Å². The fraction of sp³-hybridized carbons (Fsp3) is 0.0625. The van der Waals surface area contributed by atoms with Gasteiger partial charge in [0, 0.05) is 0 Å². The highest BCUT2D eigenvalue weighted by Crippen LogP contribution is 2.22. The Morgan fingerprint density at radius 3 is 2.70 bits per heavy atom. The Hall–Kier alpha value is -3.19. The first-order valence-electron chi connectivity index (χ1n) is 6.91. The Morgan fingerprint density at radius 2 is 1.91 bits per heavy atom. The third kappa shape index (κ3) is 3.72. The Labute approximate surface area is 132 Å². The molecule has 0 aliphatic carbocycles. The first-order chi connectivity index (χ1) is 11.2. The molecule has 2 N–H and O–H groups in total. The largest absolute Gasteiger partial charge is 0.457 e. The van der Waals surface area contributed by atoms with Crippen LogP contribution in [-0.2, 0) is 6.54 Å². The summed E-state index contributed by atoms with van der Waals surface area (Å²) < 4.78 is 7.28. The zero-order valence-corrected chi connectivity index (χ0v) is 12.1. The molecule has 7 nitrogen and oxygen atoms in total. The summed E-state index contributed by atoms with van der Waals surface area (Å²) in [5.74, 6) is 0.770. The molecule has 0 fully saturated rings. The average molecular weight is 310 g/mol. The first kappa shape index (κ1) is 14.7. The van der Waals surface area contributed by atoms with Crippen LogP contribution in [0.2, 0.25) is 0 Å². The van der Waals surface area contributed by atoms with Crippen LogP contribution in [0.1, 0.15) is 16.1 Å². The predicted octanol–water partition coefficient (Wildman–Crippen LogP) is 2.24. The van der Waals surface area contributed by atoms with E-state index >= 15 is 0 Å². The zero-order valence-electron chi connectivity index (χ0n) is 12.1. The summed E-state index contributed by atoms with van der Waals surface area (Å²) in [6.07, 6.45) is 1.45. The summed E-state index contributed by atoms with van der Waals surface area (Å²) in [7, 11) is 0. The van der Waals surface area contributed by atoms with E-state index in [-0.39, 0.29) is 5.69 Å². The number of rotatable bonds is 5. The number of ether oxygens (including phenoxy) is 1. The Kier molecular flexibility index (Phi) is 4.30. The van der Waals surface area contributed by atoms with Crippen LogP contribution in [0.15, 0.2) is 60.8 Å². The minimum atomic E-state index is -0.697. The second kappa shape index (κ2) is 6.71. The van der Waals surface area contributed by atoms with Gasteiger partial charge in [0.2, 0.25) is 0 Å². The van der Waals surface area contributed by atoms with Crippen molar-refractivity contribution in [2.45, 2.75) is 6.54 Å². The van der Waals surface area contributed by atoms with Crippen molar-refractivity contribution in [3.8, 4) is 11.5 Å². The second-order valence-corrected chi connectivity index (χ2v) is 4.80. The Morgan fingerprint density at radius 1 is 1.13 bits per heavy atom. The van der Waals surface area contributed by atoms with Crippen LogP contribution in [0.4, 0.5) is 0 Å². The third-order valence-corrected chi connectivity index (χ3v) is 3.09. The number of amides is 1. The summed E-state index contributed by atoms with van der Waals surface area (Å²) in [6, 6.07) is 17.0. The van der Waals surface area contributed by atoms with Crippen molar-refractivity contribution >= 4 is 5.91 Å². The maximum absolute atomic E-state index is 11.2. The average Bonchev–Trinajstić information content (AvgIpc) is 3.04. The smallest absolute Gasteiger partial charge is 0.296 e. The molecular weight excluding hydrogens is 296 g/mol. The molecule has 0 bridgehead atoms. The fourth-order valence-electron chi connectivity index (χ4n) is 2.06. The molecule has 1 heterocycles. The molecule has 0 spiro atoms. The molecule has 0 saturated heterocycles. The number of para-hydroxylation sites is 1. The number of aromatic nitrogens is 3. The molecule has 1 aromatic heterocycles. The van der Waals surface area contributed by atoms with Gasteiger partial charge in [-0.1, -0.05) is 35.5 Å². The molecule has 0 saturated carbocycles. The lowest BCUT2D eigenvalue weighted by Crippen LogP contribution is -2.18.